The number of amides is 2. The highest BCUT2D eigenvalue weighted by Gasteiger charge is 2.48. The number of hydrogen-bond donors (Lipinski definition) is 0. The summed E-state index contributed by atoms with van der Waals surface area (Å²) < 4.78 is 10.0. The first-order valence-electron chi connectivity index (χ1n) is 7.28. The molecular formula is C17H15NO6. The molecule has 3 rings (SSSR count). The zero-order valence-electron chi connectivity index (χ0n) is 13.2. The van der Waals surface area contributed by atoms with Gasteiger partial charge in [0.15, 0.2) is 0 Å². The van der Waals surface area contributed by atoms with Crippen LogP contribution in [0.5, 0.6) is 0 Å². The van der Waals surface area contributed by atoms with Crippen molar-refractivity contribution >= 4 is 23.8 Å². The van der Waals surface area contributed by atoms with Crippen molar-refractivity contribution in [1.82, 2.24) is 4.90 Å². The second-order valence-electron chi connectivity index (χ2n) is 6.32. The van der Waals surface area contributed by atoms with Gasteiger partial charge in [-0.15, -0.1) is 0 Å². The number of rotatable bonds is 3. The van der Waals surface area contributed by atoms with Crippen molar-refractivity contribution in [2.24, 2.45) is 5.41 Å². The molecule has 0 unspecified atom stereocenters. The fourth-order valence-corrected chi connectivity index (χ4v) is 2.64. The summed E-state index contributed by atoms with van der Waals surface area (Å²) in [6.45, 7) is 7.03. The molecule has 1 fully saturated rings. The number of cyclic esters (lactones) is 1. The average molecular weight is 329 g/mol. The van der Waals surface area contributed by atoms with E-state index in [9.17, 15) is 19.2 Å². The third kappa shape index (κ3) is 2.29. The van der Waals surface area contributed by atoms with E-state index in [-0.39, 0.29) is 17.7 Å². The number of imide groups is 1. The summed E-state index contributed by atoms with van der Waals surface area (Å²) in [6, 6.07) is 6.22. The smallest absolute Gasteiger partial charge is 0.355 e. The van der Waals surface area contributed by atoms with Gasteiger partial charge in [0.25, 0.3) is 11.8 Å². The van der Waals surface area contributed by atoms with Crippen molar-refractivity contribution in [2.45, 2.75) is 20.0 Å². The molecule has 0 aliphatic carbocycles. The van der Waals surface area contributed by atoms with Crippen LogP contribution in [0, 0.1) is 5.41 Å². The van der Waals surface area contributed by atoms with Crippen LogP contribution in [0.25, 0.3) is 0 Å². The lowest BCUT2D eigenvalue weighted by atomic mass is 9.90. The van der Waals surface area contributed by atoms with Crippen LogP contribution in [0.15, 0.2) is 36.5 Å². The highest BCUT2D eigenvalue weighted by Crippen LogP contribution is 2.32. The maximum absolute atomic E-state index is 12.3. The molecule has 1 saturated heterocycles. The van der Waals surface area contributed by atoms with Gasteiger partial charge in [0.05, 0.1) is 11.1 Å². The predicted molar refractivity (Wildman–Crippen MR) is 80.7 cm³/mol. The van der Waals surface area contributed by atoms with Crippen LogP contribution in [0.1, 0.15) is 34.6 Å². The predicted octanol–water partition coefficient (Wildman–Crippen LogP) is 1.29. The molecule has 7 nitrogen and oxygen atoms in total. The number of hydrogen-bond acceptors (Lipinski definition) is 6. The van der Waals surface area contributed by atoms with Crippen LogP contribution in [-0.2, 0) is 19.1 Å². The Balaban J connectivity index is 1.80. The third-order valence-electron chi connectivity index (χ3n) is 4.03. The number of benzene rings is 1. The lowest BCUT2D eigenvalue weighted by Crippen LogP contribution is -2.39. The summed E-state index contributed by atoms with van der Waals surface area (Å²) in [5.74, 6) is -2.97. The number of ether oxygens (including phenoxy) is 2. The maximum atomic E-state index is 12.3. The Hall–Kier alpha value is -2.96. The van der Waals surface area contributed by atoms with Gasteiger partial charge in [0.2, 0.25) is 6.10 Å². The Morgan fingerprint density at radius 2 is 1.75 bits per heavy atom. The van der Waals surface area contributed by atoms with E-state index in [1.165, 1.54) is 12.1 Å². The molecule has 0 aromatic heterocycles. The lowest BCUT2D eigenvalue weighted by Gasteiger charge is -2.23. The quantitative estimate of drug-likeness (QED) is 0.471. The number of carbonyl (C=O) groups is 4. The van der Waals surface area contributed by atoms with E-state index >= 15 is 0 Å². The van der Waals surface area contributed by atoms with Crippen molar-refractivity contribution in [3.8, 4) is 0 Å². The molecule has 1 atom stereocenters. The Kier molecular flexibility index (Phi) is 3.51. The second kappa shape index (κ2) is 5.30. The van der Waals surface area contributed by atoms with Crippen LogP contribution in [0.3, 0.4) is 0 Å². The van der Waals surface area contributed by atoms with E-state index in [0.717, 1.165) is 0 Å². The van der Waals surface area contributed by atoms with Gasteiger partial charge in [0, 0.05) is 5.41 Å². The minimum Gasteiger partial charge on any atom is -0.462 e. The number of carbonyl (C=O) groups excluding carboxylic acids is 4. The van der Waals surface area contributed by atoms with Gasteiger partial charge in [0.1, 0.15) is 12.3 Å². The SMILES string of the molecule is C=C(C(=O)O[C@H]1C(=O)OCC1(C)C)N1C(=O)c2ccccc2C1=O. The van der Waals surface area contributed by atoms with Gasteiger partial charge in [-0.3, -0.25) is 9.59 Å². The Bertz CT molecular complexity index is 759. The van der Waals surface area contributed by atoms with Gasteiger partial charge in [-0.2, -0.15) is 0 Å². The van der Waals surface area contributed by atoms with Gasteiger partial charge in [-0.1, -0.05) is 32.6 Å². The summed E-state index contributed by atoms with van der Waals surface area (Å²) in [5.41, 5.74) is -0.750. The second-order valence-corrected chi connectivity index (χ2v) is 6.32. The molecule has 0 spiro atoms. The normalized spacial score (nSPS) is 21.5. The largest absolute Gasteiger partial charge is 0.462 e. The highest BCUT2D eigenvalue weighted by molar-refractivity contribution is 6.24. The van der Waals surface area contributed by atoms with Crippen molar-refractivity contribution < 1.29 is 28.7 Å². The minimum atomic E-state index is -1.11. The van der Waals surface area contributed by atoms with E-state index in [2.05, 4.69) is 6.58 Å². The first-order chi connectivity index (χ1) is 11.2. The maximum Gasteiger partial charge on any atom is 0.355 e. The first kappa shape index (κ1) is 15.9. The molecule has 2 amide bonds. The summed E-state index contributed by atoms with van der Waals surface area (Å²) in [6.07, 6.45) is -1.11. The topological polar surface area (TPSA) is 90.0 Å². The molecule has 2 heterocycles. The molecule has 0 N–H and O–H groups in total. The standard InChI is InChI=1S/C17H15NO6/c1-9(15(21)24-12-16(22)23-8-17(12,2)3)18-13(19)10-6-4-5-7-11(10)14(18)20/h4-7,12H,1,8H2,2-3H3/t12-/m0/s1. The average Bonchev–Trinajstić information content (AvgIpc) is 2.95. The third-order valence-corrected chi connectivity index (χ3v) is 4.03. The van der Waals surface area contributed by atoms with Crippen LogP contribution in [-0.4, -0.2) is 41.4 Å². The molecule has 1 aromatic rings. The number of nitrogens with zero attached hydrogens (tertiary/aromatic N) is 1. The Labute approximate surface area is 137 Å². The van der Waals surface area contributed by atoms with Crippen molar-refractivity contribution in [1.29, 1.82) is 0 Å². The zero-order valence-corrected chi connectivity index (χ0v) is 13.2. The summed E-state index contributed by atoms with van der Waals surface area (Å²) in [5, 5.41) is 0. The van der Waals surface area contributed by atoms with Crippen LogP contribution in [0.2, 0.25) is 0 Å². The summed E-state index contributed by atoms with van der Waals surface area (Å²) in [7, 11) is 0. The Morgan fingerprint density at radius 3 is 2.21 bits per heavy atom. The van der Waals surface area contributed by atoms with Crippen LogP contribution >= 0.6 is 0 Å². The summed E-state index contributed by atoms with van der Waals surface area (Å²) in [4.78, 5) is 49.3. The van der Waals surface area contributed by atoms with Crippen molar-refractivity contribution in [2.75, 3.05) is 6.61 Å². The van der Waals surface area contributed by atoms with E-state index in [1.54, 1.807) is 26.0 Å². The molecule has 0 radical (unpaired) electrons. The van der Waals surface area contributed by atoms with E-state index in [0.29, 0.717) is 4.90 Å². The molecule has 24 heavy (non-hydrogen) atoms. The fourth-order valence-electron chi connectivity index (χ4n) is 2.64. The van der Waals surface area contributed by atoms with E-state index < -0.39 is 41.0 Å². The van der Waals surface area contributed by atoms with Crippen LogP contribution < -0.4 is 0 Å². The molecular weight excluding hydrogens is 314 g/mol. The van der Waals surface area contributed by atoms with E-state index in [1.807, 2.05) is 0 Å². The molecule has 0 saturated carbocycles. The molecule has 2 aliphatic heterocycles. The van der Waals surface area contributed by atoms with Crippen molar-refractivity contribution in [3.63, 3.8) is 0 Å². The number of esters is 2. The van der Waals surface area contributed by atoms with Gasteiger partial charge in [-0.05, 0) is 12.1 Å². The zero-order chi connectivity index (χ0) is 17.6. The monoisotopic (exact) mass is 329 g/mol. The molecule has 2 aliphatic rings. The van der Waals surface area contributed by atoms with Gasteiger partial charge < -0.3 is 9.47 Å². The van der Waals surface area contributed by atoms with Crippen molar-refractivity contribution in [3.05, 3.63) is 47.7 Å². The fraction of sp³-hybridized carbons (Fsp3) is 0.294. The Morgan fingerprint density at radius 1 is 1.21 bits per heavy atom. The van der Waals surface area contributed by atoms with Crippen LogP contribution in [0.4, 0.5) is 0 Å². The van der Waals surface area contributed by atoms with Gasteiger partial charge in [-0.25, -0.2) is 14.5 Å². The van der Waals surface area contributed by atoms with Gasteiger partial charge >= 0.3 is 11.9 Å². The highest BCUT2D eigenvalue weighted by atomic mass is 16.6. The summed E-state index contributed by atoms with van der Waals surface area (Å²) >= 11 is 0. The van der Waals surface area contributed by atoms with E-state index in [4.69, 9.17) is 9.47 Å². The molecule has 124 valence electrons. The lowest BCUT2D eigenvalue weighted by molar-refractivity contribution is -0.160. The minimum absolute atomic E-state index is 0.114. The number of fused-ring (bicyclic) bond motifs is 1. The molecule has 7 heteroatoms. The first-order valence-corrected chi connectivity index (χ1v) is 7.28. The molecule has 0 bridgehead atoms. The molecule has 1 aromatic carbocycles.